The van der Waals surface area contributed by atoms with Crippen LogP contribution in [-0.4, -0.2) is 35.6 Å². The van der Waals surface area contributed by atoms with Crippen LogP contribution in [0.1, 0.15) is 47.0 Å². The summed E-state index contributed by atoms with van der Waals surface area (Å²) in [5.41, 5.74) is 0.254. The number of rotatable bonds is 4. The monoisotopic (exact) mass is 244 g/mol. The van der Waals surface area contributed by atoms with E-state index in [4.69, 9.17) is 9.84 Å². The first-order valence-electron chi connectivity index (χ1n) is 6.73. The molecule has 3 heteroatoms. The lowest BCUT2D eigenvalue weighted by Crippen LogP contribution is -2.35. The summed E-state index contributed by atoms with van der Waals surface area (Å²) in [7, 11) is 0. The number of hydrogen-bond acceptors (Lipinski definition) is 3. The number of ether oxygens (including phenoxy) is 1. The van der Waals surface area contributed by atoms with Crippen LogP contribution in [-0.2, 0) is 4.74 Å². The molecular weight excluding hydrogens is 216 g/mol. The van der Waals surface area contributed by atoms with Gasteiger partial charge in [-0.3, -0.25) is 0 Å². The molecule has 1 fully saturated rings. The van der Waals surface area contributed by atoms with Gasteiger partial charge in [0, 0.05) is 13.2 Å². The summed E-state index contributed by atoms with van der Waals surface area (Å²) in [4.78, 5) is 0. The van der Waals surface area contributed by atoms with Gasteiger partial charge in [0.1, 0.15) is 0 Å². The molecule has 0 saturated heterocycles. The van der Waals surface area contributed by atoms with Crippen molar-refractivity contribution in [1.29, 1.82) is 0 Å². The highest BCUT2D eigenvalue weighted by Gasteiger charge is 2.29. The molecule has 0 aliphatic heterocycles. The summed E-state index contributed by atoms with van der Waals surface area (Å²) in [6, 6.07) is 0. The summed E-state index contributed by atoms with van der Waals surface area (Å²) >= 11 is 0. The molecule has 2 N–H and O–H groups in total. The second kappa shape index (κ2) is 6.17. The average Bonchev–Trinajstić information content (AvgIpc) is 2.23. The Morgan fingerprint density at radius 1 is 1.24 bits per heavy atom. The Morgan fingerprint density at radius 3 is 2.41 bits per heavy atom. The van der Waals surface area contributed by atoms with E-state index in [1.165, 1.54) is 0 Å². The van der Waals surface area contributed by atoms with Crippen molar-refractivity contribution in [2.24, 2.45) is 17.3 Å². The van der Waals surface area contributed by atoms with E-state index in [0.717, 1.165) is 13.0 Å². The summed E-state index contributed by atoms with van der Waals surface area (Å²) in [6.45, 7) is 9.74. The van der Waals surface area contributed by atoms with Crippen molar-refractivity contribution in [2.75, 3.05) is 13.2 Å². The molecule has 0 aromatic rings. The van der Waals surface area contributed by atoms with Crippen LogP contribution in [0.3, 0.4) is 0 Å². The fourth-order valence-electron chi connectivity index (χ4n) is 2.16. The largest absolute Gasteiger partial charge is 0.396 e. The molecule has 17 heavy (non-hydrogen) atoms. The molecule has 0 radical (unpaired) electrons. The first kappa shape index (κ1) is 14.9. The second-order valence-corrected chi connectivity index (χ2v) is 6.63. The van der Waals surface area contributed by atoms with Gasteiger partial charge in [-0.15, -0.1) is 0 Å². The van der Waals surface area contributed by atoms with Crippen LogP contribution in [0, 0.1) is 17.3 Å². The topological polar surface area (TPSA) is 49.7 Å². The second-order valence-electron chi connectivity index (χ2n) is 6.63. The van der Waals surface area contributed by atoms with Crippen LogP contribution in [0.25, 0.3) is 0 Å². The predicted molar refractivity (Wildman–Crippen MR) is 68.8 cm³/mol. The highest BCUT2D eigenvalue weighted by Crippen LogP contribution is 2.29. The fourth-order valence-corrected chi connectivity index (χ4v) is 2.16. The molecule has 0 spiro atoms. The van der Waals surface area contributed by atoms with Gasteiger partial charge in [0.2, 0.25) is 0 Å². The predicted octanol–water partition coefficient (Wildman–Crippen LogP) is 2.21. The van der Waals surface area contributed by atoms with Crippen molar-refractivity contribution in [1.82, 2.24) is 0 Å². The number of aliphatic hydroxyl groups excluding tert-OH is 2. The van der Waals surface area contributed by atoms with Gasteiger partial charge in [-0.25, -0.2) is 0 Å². The molecule has 102 valence electrons. The Balaban J connectivity index is 2.36. The molecule has 1 aliphatic carbocycles. The van der Waals surface area contributed by atoms with Gasteiger partial charge in [0.05, 0.1) is 12.2 Å². The Hall–Kier alpha value is -0.120. The minimum atomic E-state index is -0.309. The van der Waals surface area contributed by atoms with E-state index < -0.39 is 0 Å². The Labute approximate surface area is 105 Å². The highest BCUT2D eigenvalue weighted by molar-refractivity contribution is 4.79. The summed E-state index contributed by atoms with van der Waals surface area (Å²) < 4.78 is 5.90. The minimum Gasteiger partial charge on any atom is -0.396 e. The smallest absolute Gasteiger partial charge is 0.0603 e. The van der Waals surface area contributed by atoms with Crippen molar-refractivity contribution >= 4 is 0 Å². The molecule has 4 atom stereocenters. The molecule has 3 nitrogen and oxygen atoms in total. The van der Waals surface area contributed by atoms with Crippen molar-refractivity contribution in [3.05, 3.63) is 0 Å². The maximum Gasteiger partial charge on any atom is 0.0603 e. The molecule has 0 bridgehead atoms. The lowest BCUT2D eigenvalue weighted by molar-refractivity contribution is -0.0600. The van der Waals surface area contributed by atoms with E-state index in [2.05, 4.69) is 27.7 Å². The normalized spacial score (nSPS) is 32.5. The first-order chi connectivity index (χ1) is 7.82. The third-order valence-corrected chi connectivity index (χ3v) is 4.06. The van der Waals surface area contributed by atoms with E-state index in [-0.39, 0.29) is 30.1 Å². The maximum absolute atomic E-state index is 9.72. The lowest BCUT2D eigenvalue weighted by Gasteiger charge is -2.34. The van der Waals surface area contributed by atoms with E-state index in [1.54, 1.807) is 0 Å². The van der Waals surface area contributed by atoms with Gasteiger partial charge in [-0.1, -0.05) is 27.7 Å². The highest BCUT2D eigenvalue weighted by atomic mass is 16.5. The van der Waals surface area contributed by atoms with Gasteiger partial charge in [0.25, 0.3) is 0 Å². The quantitative estimate of drug-likeness (QED) is 0.797. The van der Waals surface area contributed by atoms with E-state index in [9.17, 15) is 5.11 Å². The van der Waals surface area contributed by atoms with Crippen LogP contribution in [0.2, 0.25) is 0 Å². The molecule has 4 unspecified atom stereocenters. The van der Waals surface area contributed by atoms with Gasteiger partial charge >= 0.3 is 0 Å². The molecule has 0 heterocycles. The number of aliphatic hydroxyl groups is 2. The van der Waals surface area contributed by atoms with Crippen molar-refractivity contribution in [3.63, 3.8) is 0 Å². The van der Waals surface area contributed by atoms with Gasteiger partial charge in [-0.2, -0.15) is 0 Å². The van der Waals surface area contributed by atoms with Gasteiger partial charge < -0.3 is 14.9 Å². The van der Waals surface area contributed by atoms with E-state index in [0.29, 0.717) is 18.8 Å². The first-order valence-corrected chi connectivity index (χ1v) is 6.73. The zero-order valence-electron chi connectivity index (χ0n) is 11.6. The molecule has 1 rings (SSSR count). The lowest BCUT2D eigenvalue weighted by atomic mass is 9.82. The van der Waals surface area contributed by atoms with Crippen LogP contribution in [0.5, 0.6) is 0 Å². The summed E-state index contributed by atoms with van der Waals surface area (Å²) in [5.74, 6) is 0.697. The Bertz CT molecular complexity index is 222. The zero-order chi connectivity index (χ0) is 13.1. The Kier molecular flexibility index (Phi) is 5.42. The zero-order valence-corrected chi connectivity index (χ0v) is 11.6. The van der Waals surface area contributed by atoms with Crippen LogP contribution in [0.4, 0.5) is 0 Å². The molecule has 1 saturated carbocycles. The van der Waals surface area contributed by atoms with Crippen molar-refractivity contribution in [2.45, 2.75) is 59.2 Å². The van der Waals surface area contributed by atoms with Crippen LogP contribution < -0.4 is 0 Å². The van der Waals surface area contributed by atoms with E-state index >= 15 is 0 Å². The van der Waals surface area contributed by atoms with Gasteiger partial charge in [-0.05, 0) is 36.5 Å². The summed E-state index contributed by atoms with van der Waals surface area (Å²) in [5, 5.41) is 18.9. The van der Waals surface area contributed by atoms with Crippen molar-refractivity contribution < 1.29 is 14.9 Å². The summed E-state index contributed by atoms with van der Waals surface area (Å²) in [6.07, 6.45) is 2.11. The van der Waals surface area contributed by atoms with E-state index in [1.807, 2.05) is 0 Å². The third kappa shape index (κ3) is 4.94. The molecule has 0 aromatic heterocycles. The molecule has 0 amide bonds. The third-order valence-electron chi connectivity index (χ3n) is 4.06. The number of hydrogen-bond donors (Lipinski definition) is 2. The van der Waals surface area contributed by atoms with Crippen LogP contribution in [0.15, 0.2) is 0 Å². The average molecular weight is 244 g/mol. The maximum atomic E-state index is 9.72. The Morgan fingerprint density at radius 2 is 1.88 bits per heavy atom. The molecule has 1 aliphatic rings. The van der Waals surface area contributed by atoms with Gasteiger partial charge in [0.15, 0.2) is 0 Å². The molecular formula is C14H28O3. The SMILES string of the molecule is CC(COC1CC(O)CC(CO)C1)C(C)(C)C. The molecule has 0 aromatic carbocycles. The van der Waals surface area contributed by atoms with Crippen molar-refractivity contribution in [3.8, 4) is 0 Å². The fraction of sp³-hybridized carbons (Fsp3) is 1.00. The minimum absolute atomic E-state index is 0.112. The standard InChI is InChI=1S/C14H28O3/c1-10(14(2,3)4)9-17-13-6-11(8-15)5-12(16)7-13/h10-13,15-16H,5-9H2,1-4H3. The van der Waals surface area contributed by atoms with Crippen LogP contribution >= 0.6 is 0 Å².